The number of hydrogen-bond donors (Lipinski definition) is 1. The average molecular weight is 287 g/mol. The van der Waals surface area contributed by atoms with Crippen molar-refractivity contribution >= 4 is 0 Å². The Morgan fingerprint density at radius 2 is 2.00 bits per heavy atom. The van der Waals surface area contributed by atoms with Crippen molar-refractivity contribution in [3.8, 4) is 0 Å². The molecule has 1 aromatic carbocycles. The molecule has 0 spiro atoms. The summed E-state index contributed by atoms with van der Waals surface area (Å²) in [5.41, 5.74) is 3.27. The number of fused-ring (bicyclic) bond motifs is 1. The van der Waals surface area contributed by atoms with Crippen LogP contribution in [0.25, 0.3) is 0 Å². The first-order valence-corrected chi connectivity index (χ1v) is 8.65. The molecular formula is C19H29NO. The maximum Gasteiger partial charge on any atom is 0.0831 e. The third-order valence-corrected chi connectivity index (χ3v) is 6.09. The zero-order valence-electron chi connectivity index (χ0n) is 13.7. The van der Waals surface area contributed by atoms with E-state index in [2.05, 4.69) is 50.5 Å². The zero-order valence-corrected chi connectivity index (χ0v) is 13.7. The van der Waals surface area contributed by atoms with Gasteiger partial charge in [-0.25, -0.2) is 0 Å². The van der Waals surface area contributed by atoms with Crippen molar-refractivity contribution in [1.29, 1.82) is 0 Å². The van der Waals surface area contributed by atoms with Crippen LogP contribution in [0.5, 0.6) is 0 Å². The summed E-state index contributed by atoms with van der Waals surface area (Å²) in [6.07, 6.45) is 7.96. The van der Waals surface area contributed by atoms with Gasteiger partial charge in [0.25, 0.3) is 0 Å². The van der Waals surface area contributed by atoms with Crippen LogP contribution in [-0.4, -0.2) is 19.2 Å². The Kier molecular flexibility index (Phi) is 4.37. The van der Waals surface area contributed by atoms with E-state index in [-0.39, 0.29) is 0 Å². The predicted molar refractivity (Wildman–Crippen MR) is 87.5 cm³/mol. The molecule has 2 aliphatic carbocycles. The Morgan fingerprint density at radius 3 is 2.71 bits per heavy atom. The lowest BCUT2D eigenvalue weighted by atomic mass is 9.58. The normalized spacial score (nSPS) is 30.5. The lowest BCUT2D eigenvalue weighted by molar-refractivity contribution is -0.170. The SMILES string of the molecule is CCC1(CC)C(NC)CC1OC1CCCc2ccccc21. The van der Waals surface area contributed by atoms with Crippen molar-refractivity contribution in [1.82, 2.24) is 5.32 Å². The Hall–Kier alpha value is -0.860. The van der Waals surface area contributed by atoms with Crippen LogP contribution in [0.2, 0.25) is 0 Å². The Bertz CT molecular complexity index is 480. The van der Waals surface area contributed by atoms with Gasteiger partial charge in [0.05, 0.1) is 12.2 Å². The van der Waals surface area contributed by atoms with Gasteiger partial charge in [-0.2, -0.15) is 0 Å². The molecule has 2 heteroatoms. The van der Waals surface area contributed by atoms with Crippen molar-refractivity contribution in [2.75, 3.05) is 7.05 Å². The molecular weight excluding hydrogens is 258 g/mol. The molecule has 3 atom stereocenters. The fourth-order valence-electron chi connectivity index (χ4n) is 4.59. The topological polar surface area (TPSA) is 21.3 Å². The molecule has 1 N–H and O–H groups in total. The Labute approximate surface area is 129 Å². The molecule has 0 saturated heterocycles. The van der Waals surface area contributed by atoms with E-state index in [0.29, 0.717) is 23.7 Å². The van der Waals surface area contributed by atoms with Crippen molar-refractivity contribution in [2.45, 2.75) is 70.6 Å². The summed E-state index contributed by atoms with van der Waals surface area (Å²) in [6, 6.07) is 9.48. The minimum Gasteiger partial charge on any atom is -0.370 e. The van der Waals surface area contributed by atoms with Gasteiger partial charge in [-0.15, -0.1) is 0 Å². The number of nitrogens with one attached hydrogen (secondary N) is 1. The van der Waals surface area contributed by atoms with Crippen LogP contribution in [-0.2, 0) is 11.2 Å². The van der Waals surface area contributed by atoms with E-state index >= 15 is 0 Å². The van der Waals surface area contributed by atoms with E-state index < -0.39 is 0 Å². The van der Waals surface area contributed by atoms with Crippen molar-refractivity contribution in [2.24, 2.45) is 5.41 Å². The third kappa shape index (κ3) is 2.43. The first-order valence-electron chi connectivity index (χ1n) is 8.65. The summed E-state index contributed by atoms with van der Waals surface area (Å²) >= 11 is 0. The van der Waals surface area contributed by atoms with E-state index in [1.54, 1.807) is 0 Å². The van der Waals surface area contributed by atoms with Gasteiger partial charge in [-0.1, -0.05) is 38.1 Å². The van der Waals surface area contributed by atoms with E-state index in [1.807, 2.05) is 0 Å². The van der Waals surface area contributed by atoms with Crippen LogP contribution in [0.1, 0.15) is 63.2 Å². The smallest absolute Gasteiger partial charge is 0.0831 e. The molecule has 0 amide bonds. The lowest BCUT2D eigenvalue weighted by Gasteiger charge is -2.56. The number of aryl methyl sites for hydroxylation is 1. The van der Waals surface area contributed by atoms with Gasteiger partial charge in [0.2, 0.25) is 0 Å². The van der Waals surface area contributed by atoms with E-state index in [9.17, 15) is 0 Å². The molecule has 1 saturated carbocycles. The summed E-state index contributed by atoms with van der Waals surface area (Å²) in [7, 11) is 2.09. The molecule has 1 fully saturated rings. The van der Waals surface area contributed by atoms with Gasteiger partial charge in [-0.3, -0.25) is 0 Å². The predicted octanol–water partition coefficient (Wildman–Crippen LogP) is 4.25. The first kappa shape index (κ1) is 15.1. The molecule has 3 unspecified atom stereocenters. The fraction of sp³-hybridized carbons (Fsp3) is 0.684. The largest absolute Gasteiger partial charge is 0.370 e. The molecule has 1 aromatic rings. The second-order valence-electron chi connectivity index (χ2n) is 6.72. The highest BCUT2D eigenvalue weighted by Gasteiger charge is 2.53. The number of benzene rings is 1. The average Bonchev–Trinajstić information content (AvgIpc) is 2.52. The highest BCUT2D eigenvalue weighted by molar-refractivity contribution is 5.31. The first-order chi connectivity index (χ1) is 10.2. The van der Waals surface area contributed by atoms with Gasteiger partial charge < -0.3 is 10.1 Å². The molecule has 0 aromatic heterocycles. The summed E-state index contributed by atoms with van der Waals surface area (Å²) < 4.78 is 6.64. The monoisotopic (exact) mass is 287 g/mol. The molecule has 0 radical (unpaired) electrons. The Morgan fingerprint density at radius 1 is 1.24 bits per heavy atom. The van der Waals surface area contributed by atoms with Gasteiger partial charge >= 0.3 is 0 Å². The van der Waals surface area contributed by atoms with Crippen LogP contribution >= 0.6 is 0 Å². The highest BCUT2D eigenvalue weighted by atomic mass is 16.5. The minimum absolute atomic E-state index is 0.315. The van der Waals surface area contributed by atoms with Gasteiger partial charge in [0, 0.05) is 11.5 Å². The molecule has 3 rings (SSSR count). The number of ether oxygens (including phenoxy) is 1. The van der Waals surface area contributed by atoms with Gasteiger partial charge in [-0.05, 0) is 56.7 Å². The molecule has 2 nitrogen and oxygen atoms in total. The van der Waals surface area contributed by atoms with E-state index in [4.69, 9.17) is 4.74 Å². The van der Waals surface area contributed by atoms with Crippen molar-refractivity contribution < 1.29 is 4.74 Å². The van der Waals surface area contributed by atoms with E-state index in [1.165, 1.54) is 43.2 Å². The van der Waals surface area contributed by atoms with E-state index in [0.717, 1.165) is 6.42 Å². The number of hydrogen-bond acceptors (Lipinski definition) is 2. The summed E-state index contributed by atoms with van der Waals surface area (Å²) in [5, 5.41) is 3.50. The Balaban J connectivity index is 1.76. The summed E-state index contributed by atoms with van der Waals surface area (Å²) in [5.74, 6) is 0. The summed E-state index contributed by atoms with van der Waals surface area (Å²) in [4.78, 5) is 0. The quantitative estimate of drug-likeness (QED) is 0.874. The lowest BCUT2D eigenvalue weighted by Crippen LogP contribution is -2.62. The van der Waals surface area contributed by atoms with Crippen molar-refractivity contribution in [3.05, 3.63) is 35.4 Å². The summed E-state index contributed by atoms with van der Waals surface area (Å²) in [6.45, 7) is 4.64. The van der Waals surface area contributed by atoms with Gasteiger partial charge in [0.1, 0.15) is 0 Å². The molecule has 2 aliphatic rings. The molecule has 0 bridgehead atoms. The van der Waals surface area contributed by atoms with Crippen LogP contribution < -0.4 is 5.32 Å². The number of rotatable bonds is 5. The minimum atomic E-state index is 0.315. The second kappa shape index (κ2) is 6.10. The van der Waals surface area contributed by atoms with Crippen LogP contribution in [0, 0.1) is 5.41 Å². The molecule has 116 valence electrons. The highest BCUT2D eigenvalue weighted by Crippen LogP contribution is 2.51. The van der Waals surface area contributed by atoms with Crippen molar-refractivity contribution in [3.63, 3.8) is 0 Å². The second-order valence-corrected chi connectivity index (χ2v) is 6.72. The molecule has 0 aliphatic heterocycles. The van der Waals surface area contributed by atoms with Crippen LogP contribution in [0.4, 0.5) is 0 Å². The molecule has 0 heterocycles. The van der Waals surface area contributed by atoms with Crippen LogP contribution in [0.15, 0.2) is 24.3 Å². The fourth-order valence-corrected chi connectivity index (χ4v) is 4.59. The zero-order chi connectivity index (χ0) is 14.9. The molecule has 21 heavy (non-hydrogen) atoms. The maximum absolute atomic E-state index is 6.64. The standard InChI is InChI=1S/C19H29NO/c1-4-19(5-2)17(20-3)13-18(19)21-16-12-8-10-14-9-6-7-11-15(14)16/h6-7,9,11,16-18,20H,4-5,8,10,12-13H2,1-3H3. The maximum atomic E-state index is 6.64. The van der Waals surface area contributed by atoms with Crippen LogP contribution in [0.3, 0.4) is 0 Å². The third-order valence-electron chi connectivity index (χ3n) is 6.09. The van der Waals surface area contributed by atoms with Gasteiger partial charge in [0.15, 0.2) is 0 Å².